The molecule has 0 saturated carbocycles. The molecule has 2 aliphatic heterocycles. The number of para-hydroxylation sites is 2. The number of unbranched alkanes of at least 4 members (excludes halogenated alkanes) is 5. The Labute approximate surface area is 239 Å². The normalized spacial score (nSPS) is 16.1. The van der Waals surface area contributed by atoms with Crippen LogP contribution in [0.15, 0.2) is 29.3 Å². The van der Waals surface area contributed by atoms with Crippen LogP contribution >= 0.6 is 11.3 Å². The van der Waals surface area contributed by atoms with E-state index >= 15 is 0 Å². The molecule has 38 heavy (non-hydrogen) atoms. The van der Waals surface area contributed by atoms with Crippen molar-refractivity contribution >= 4 is 45.6 Å². The standard InChI is InChI=1S/C30H45N4O2S.ClH/c1-6-7-8-9-10-13-16-30(3,4)29(35)36-22-34(5)19-17-33(18-20-34)27-23(2)37-28-24(27)21-31-25-14-11-12-15-26(25)32-28;/h11-12,14-15,21,32H,6-10,13,16-20,22H2,1-5H3;1H/q+1;/p-1. The monoisotopic (exact) mass is 560 g/mol. The van der Waals surface area contributed by atoms with Crippen LogP contribution in [0.3, 0.4) is 0 Å². The van der Waals surface area contributed by atoms with Crippen LogP contribution in [-0.2, 0) is 9.53 Å². The van der Waals surface area contributed by atoms with E-state index in [4.69, 9.17) is 9.73 Å². The molecule has 1 fully saturated rings. The number of rotatable bonds is 11. The van der Waals surface area contributed by atoms with Crippen LogP contribution in [0, 0.1) is 12.3 Å². The third-order valence-corrected chi connectivity index (χ3v) is 8.95. The number of nitrogens with one attached hydrogen (secondary N) is 1. The largest absolute Gasteiger partial charge is 1.00 e. The van der Waals surface area contributed by atoms with Crippen LogP contribution in [0.5, 0.6) is 0 Å². The molecule has 1 saturated heterocycles. The number of quaternary nitrogens is 1. The summed E-state index contributed by atoms with van der Waals surface area (Å²) in [5, 5.41) is 4.76. The van der Waals surface area contributed by atoms with Crippen LogP contribution in [0.2, 0.25) is 0 Å². The van der Waals surface area contributed by atoms with Crippen molar-refractivity contribution in [2.75, 3.05) is 50.2 Å². The van der Waals surface area contributed by atoms with Crippen molar-refractivity contribution in [3.8, 4) is 0 Å². The summed E-state index contributed by atoms with van der Waals surface area (Å²) in [5.74, 6) is -0.0521. The highest BCUT2D eigenvalue weighted by molar-refractivity contribution is 7.17. The summed E-state index contributed by atoms with van der Waals surface area (Å²) >= 11 is 1.80. The number of hydrogen-bond donors (Lipinski definition) is 1. The van der Waals surface area contributed by atoms with Gasteiger partial charge in [-0.15, -0.1) is 11.3 Å². The van der Waals surface area contributed by atoms with Gasteiger partial charge in [0.05, 0.1) is 61.3 Å². The lowest BCUT2D eigenvalue weighted by molar-refractivity contribution is -0.926. The number of ether oxygens (including phenoxy) is 1. The van der Waals surface area contributed by atoms with Gasteiger partial charge in [-0.2, -0.15) is 0 Å². The number of halogens is 1. The van der Waals surface area contributed by atoms with E-state index in [1.165, 1.54) is 48.2 Å². The number of esters is 1. The molecular weight excluding hydrogens is 516 g/mol. The molecule has 1 aromatic carbocycles. The quantitative estimate of drug-likeness (QED) is 0.214. The fourth-order valence-corrected chi connectivity index (χ4v) is 6.33. The molecule has 6 nitrogen and oxygen atoms in total. The summed E-state index contributed by atoms with van der Waals surface area (Å²) in [6.07, 6.45) is 10.4. The van der Waals surface area contributed by atoms with Gasteiger partial charge in [-0.1, -0.05) is 57.6 Å². The van der Waals surface area contributed by atoms with Gasteiger partial charge in [0.25, 0.3) is 0 Å². The second kappa shape index (κ2) is 13.3. The van der Waals surface area contributed by atoms with E-state index in [-0.39, 0.29) is 18.4 Å². The maximum Gasteiger partial charge on any atom is 0.315 e. The Morgan fingerprint density at radius 2 is 1.82 bits per heavy atom. The minimum absolute atomic E-state index is 0. The van der Waals surface area contributed by atoms with Crippen LogP contribution in [0.4, 0.5) is 22.1 Å². The highest BCUT2D eigenvalue weighted by Crippen LogP contribution is 2.43. The number of fused-ring (bicyclic) bond motifs is 2. The molecule has 2 aliphatic rings. The minimum Gasteiger partial charge on any atom is -1.00 e. The van der Waals surface area contributed by atoms with Crippen molar-refractivity contribution in [2.45, 2.75) is 72.6 Å². The van der Waals surface area contributed by atoms with E-state index in [1.807, 2.05) is 38.3 Å². The van der Waals surface area contributed by atoms with Gasteiger partial charge in [0, 0.05) is 11.1 Å². The Bertz CT molecular complexity index is 1110. The molecule has 4 rings (SSSR count). The van der Waals surface area contributed by atoms with Gasteiger partial charge in [-0.25, -0.2) is 0 Å². The molecule has 2 aromatic rings. The average Bonchev–Trinajstić information content (AvgIpc) is 3.07. The lowest BCUT2D eigenvalue weighted by atomic mass is 9.87. The number of carbonyl (C=O) groups excluding carboxylic acids is 1. The number of carbonyl (C=O) groups is 1. The van der Waals surface area contributed by atoms with Crippen molar-refractivity contribution in [3.63, 3.8) is 0 Å². The Morgan fingerprint density at radius 1 is 1.13 bits per heavy atom. The SMILES string of the molecule is CCCCCCCCC(C)(C)C(=O)OC[N+]1(C)CCN(c2c(C)sc3c2C=Nc2ccccc2N3)CC1.[Cl-]. The number of hydrogen-bond acceptors (Lipinski definition) is 6. The Morgan fingerprint density at radius 3 is 2.55 bits per heavy atom. The summed E-state index contributed by atoms with van der Waals surface area (Å²) in [7, 11) is 2.21. The first-order chi connectivity index (χ1) is 17.7. The first-order valence-electron chi connectivity index (χ1n) is 14.0. The maximum absolute atomic E-state index is 12.9. The molecule has 0 unspecified atom stereocenters. The number of likely N-dealkylation sites (N-methyl/N-ethyl adjacent to an activating group) is 1. The smallest absolute Gasteiger partial charge is 0.315 e. The van der Waals surface area contributed by atoms with E-state index in [0.717, 1.165) is 59.9 Å². The first-order valence-corrected chi connectivity index (χ1v) is 14.8. The molecule has 1 N–H and O–H groups in total. The first kappa shape index (κ1) is 30.5. The second-order valence-corrected chi connectivity index (χ2v) is 12.9. The topological polar surface area (TPSA) is 53.9 Å². The Hall–Kier alpha value is -2.09. The third-order valence-electron chi connectivity index (χ3n) is 7.92. The van der Waals surface area contributed by atoms with Gasteiger partial charge in [0.1, 0.15) is 5.00 Å². The van der Waals surface area contributed by atoms with Crippen molar-refractivity contribution in [1.29, 1.82) is 0 Å². The summed E-state index contributed by atoms with van der Waals surface area (Å²) in [6, 6.07) is 8.19. The molecule has 210 valence electrons. The molecule has 3 heterocycles. The molecular formula is C30H45ClN4O2S. The highest BCUT2D eigenvalue weighted by Gasteiger charge is 2.35. The zero-order valence-corrected chi connectivity index (χ0v) is 25.4. The van der Waals surface area contributed by atoms with E-state index in [0.29, 0.717) is 6.73 Å². The van der Waals surface area contributed by atoms with Crippen molar-refractivity contribution in [3.05, 3.63) is 34.7 Å². The number of aliphatic imine (C=N–C) groups is 1. The predicted molar refractivity (Wildman–Crippen MR) is 157 cm³/mol. The van der Waals surface area contributed by atoms with Crippen LogP contribution in [-0.4, -0.2) is 56.6 Å². The number of benzene rings is 1. The number of anilines is 3. The molecule has 0 spiro atoms. The van der Waals surface area contributed by atoms with Crippen molar-refractivity contribution in [2.24, 2.45) is 10.4 Å². The third kappa shape index (κ3) is 7.30. The summed E-state index contributed by atoms with van der Waals surface area (Å²) in [5.41, 5.74) is 4.07. The van der Waals surface area contributed by atoms with Gasteiger partial charge >= 0.3 is 5.97 Å². The Balaban J connectivity index is 0.00000400. The molecule has 0 radical (unpaired) electrons. The van der Waals surface area contributed by atoms with Gasteiger partial charge in [0.2, 0.25) is 6.73 Å². The van der Waals surface area contributed by atoms with E-state index in [2.05, 4.69) is 37.2 Å². The fraction of sp³-hybridized carbons (Fsp3) is 0.600. The van der Waals surface area contributed by atoms with Gasteiger partial charge in [-0.05, 0) is 39.3 Å². The lowest BCUT2D eigenvalue weighted by Crippen LogP contribution is -3.00. The summed E-state index contributed by atoms with van der Waals surface area (Å²) in [6.45, 7) is 12.7. The molecule has 0 amide bonds. The summed E-state index contributed by atoms with van der Waals surface area (Å²) in [4.78, 5) is 21.5. The maximum atomic E-state index is 12.9. The van der Waals surface area contributed by atoms with Crippen LogP contribution < -0.4 is 22.6 Å². The van der Waals surface area contributed by atoms with Crippen molar-refractivity contribution in [1.82, 2.24) is 0 Å². The van der Waals surface area contributed by atoms with Crippen molar-refractivity contribution < 1.29 is 26.4 Å². The molecule has 8 heteroatoms. The lowest BCUT2D eigenvalue weighted by Gasteiger charge is -2.42. The zero-order chi connectivity index (χ0) is 26.5. The highest BCUT2D eigenvalue weighted by atomic mass is 35.5. The zero-order valence-electron chi connectivity index (χ0n) is 23.8. The van der Waals surface area contributed by atoms with Gasteiger partial charge in [-0.3, -0.25) is 14.3 Å². The predicted octanol–water partition coefficient (Wildman–Crippen LogP) is 4.41. The fourth-order valence-electron chi connectivity index (χ4n) is 5.27. The van der Waals surface area contributed by atoms with Gasteiger partial charge < -0.3 is 27.4 Å². The number of aryl methyl sites for hydroxylation is 1. The average molecular weight is 561 g/mol. The van der Waals surface area contributed by atoms with Gasteiger partial charge in [0.15, 0.2) is 0 Å². The second-order valence-electron chi connectivity index (χ2n) is 11.7. The molecule has 0 atom stereocenters. The molecule has 0 aliphatic carbocycles. The van der Waals surface area contributed by atoms with E-state index in [9.17, 15) is 4.79 Å². The van der Waals surface area contributed by atoms with Crippen LogP contribution in [0.1, 0.15) is 76.2 Å². The summed E-state index contributed by atoms with van der Waals surface area (Å²) < 4.78 is 6.69. The van der Waals surface area contributed by atoms with E-state index < -0.39 is 5.41 Å². The Kier molecular flexibility index (Phi) is 10.7. The number of piperazine rings is 1. The molecule has 0 bridgehead atoms. The number of nitrogens with zero attached hydrogens (tertiary/aromatic N) is 3. The molecule has 1 aromatic heterocycles. The van der Waals surface area contributed by atoms with E-state index in [1.54, 1.807) is 11.3 Å². The minimum atomic E-state index is -0.416. The number of thiophene rings is 1. The van der Waals surface area contributed by atoms with Crippen LogP contribution in [0.25, 0.3) is 0 Å².